The maximum Gasteiger partial charge on any atom is 0.326 e. The molecule has 3 nitrogen and oxygen atoms in total. The van der Waals surface area contributed by atoms with Crippen LogP contribution in [-0.2, 0) is 16.1 Å². The van der Waals surface area contributed by atoms with Crippen molar-refractivity contribution in [3.8, 4) is 0 Å². The van der Waals surface area contributed by atoms with Crippen LogP contribution in [0.1, 0.15) is 25.3 Å². The number of ether oxygens (including phenoxy) is 1. The summed E-state index contributed by atoms with van der Waals surface area (Å²) in [6.45, 7) is 4.11. The molecule has 1 heterocycles. The first-order valence-corrected chi connectivity index (χ1v) is 7.04. The number of likely N-dealkylation sites (tertiary alicyclic amines) is 1. The highest BCUT2D eigenvalue weighted by atomic mass is 16.5. The SMILES string of the molecule is COC(=O)[C@@]12C[C@@H]1C[C@@H](C)CN2Cc1ccccc1. The number of carbonyl (C=O) groups is 1. The van der Waals surface area contributed by atoms with Crippen molar-refractivity contribution in [2.45, 2.75) is 31.8 Å². The fourth-order valence-corrected chi connectivity index (χ4v) is 3.65. The molecule has 1 aliphatic carbocycles. The summed E-state index contributed by atoms with van der Waals surface area (Å²) in [6.07, 6.45) is 2.12. The van der Waals surface area contributed by atoms with Crippen molar-refractivity contribution in [3.63, 3.8) is 0 Å². The lowest BCUT2D eigenvalue weighted by Crippen LogP contribution is -2.50. The molecule has 0 spiro atoms. The first-order chi connectivity index (χ1) is 9.16. The maximum atomic E-state index is 12.2. The topological polar surface area (TPSA) is 29.5 Å². The Bertz CT molecular complexity index is 473. The second-order valence-corrected chi connectivity index (χ2v) is 6.02. The van der Waals surface area contributed by atoms with Crippen molar-refractivity contribution in [1.29, 1.82) is 0 Å². The van der Waals surface area contributed by atoms with Crippen LogP contribution in [0.4, 0.5) is 0 Å². The van der Waals surface area contributed by atoms with E-state index < -0.39 is 0 Å². The Morgan fingerprint density at radius 3 is 2.84 bits per heavy atom. The highest BCUT2D eigenvalue weighted by Gasteiger charge is 2.66. The van der Waals surface area contributed by atoms with Crippen LogP contribution < -0.4 is 0 Å². The zero-order valence-corrected chi connectivity index (χ0v) is 11.6. The summed E-state index contributed by atoms with van der Waals surface area (Å²) in [4.78, 5) is 14.5. The third-order valence-electron chi connectivity index (χ3n) is 4.61. The number of hydrogen-bond acceptors (Lipinski definition) is 3. The smallest absolute Gasteiger partial charge is 0.326 e. The second-order valence-electron chi connectivity index (χ2n) is 6.02. The molecule has 1 aliphatic heterocycles. The molecule has 0 unspecified atom stereocenters. The van der Waals surface area contributed by atoms with Crippen molar-refractivity contribution in [2.75, 3.05) is 13.7 Å². The normalized spacial score (nSPS) is 33.6. The van der Waals surface area contributed by atoms with E-state index in [-0.39, 0.29) is 11.5 Å². The van der Waals surface area contributed by atoms with Gasteiger partial charge in [-0.05, 0) is 30.2 Å². The first kappa shape index (κ1) is 12.7. The number of esters is 1. The van der Waals surface area contributed by atoms with Crippen LogP contribution in [0.3, 0.4) is 0 Å². The molecule has 19 heavy (non-hydrogen) atoms. The molecule has 1 aromatic carbocycles. The van der Waals surface area contributed by atoms with Crippen molar-refractivity contribution in [2.24, 2.45) is 11.8 Å². The van der Waals surface area contributed by atoms with E-state index in [1.165, 1.54) is 12.7 Å². The lowest BCUT2D eigenvalue weighted by atomic mass is 9.93. The monoisotopic (exact) mass is 259 g/mol. The highest BCUT2D eigenvalue weighted by molar-refractivity contribution is 5.85. The molecule has 0 radical (unpaired) electrons. The Kier molecular flexibility index (Phi) is 3.09. The van der Waals surface area contributed by atoms with Gasteiger partial charge in [0.25, 0.3) is 0 Å². The van der Waals surface area contributed by atoms with E-state index in [0.29, 0.717) is 11.8 Å². The molecule has 0 bridgehead atoms. The van der Waals surface area contributed by atoms with E-state index in [0.717, 1.165) is 25.9 Å². The molecule has 0 aromatic heterocycles. The van der Waals surface area contributed by atoms with Gasteiger partial charge in [0.15, 0.2) is 0 Å². The number of rotatable bonds is 3. The minimum atomic E-state index is -0.322. The molecule has 1 aromatic rings. The summed E-state index contributed by atoms with van der Waals surface area (Å²) >= 11 is 0. The van der Waals surface area contributed by atoms with Crippen LogP contribution in [0.5, 0.6) is 0 Å². The van der Waals surface area contributed by atoms with Gasteiger partial charge in [-0.1, -0.05) is 37.3 Å². The molecule has 0 N–H and O–H groups in total. The van der Waals surface area contributed by atoms with Gasteiger partial charge in [0.2, 0.25) is 0 Å². The van der Waals surface area contributed by atoms with Gasteiger partial charge in [-0.15, -0.1) is 0 Å². The molecule has 1 saturated carbocycles. The molecule has 102 valence electrons. The van der Waals surface area contributed by atoms with Crippen LogP contribution in [0.15, 0.2) is 30.3 Å². The van der Waals surface area contributed by atoms with Crippen LogP contribution in [0, 0.1) is 11.8 Å². The van der Waals surface area contributed by atoms with Crippen LogP contribution in [-0.4, -0.2) is 30.1 Å². The van der Waals surface area contributed by atoms with Gasteiger partial charge in [-0.25, -0.2) is 0 Å². The fraction of sp³-hybridized carbons (Fsp3) is 0.562. The Morgan fingerprint density at radius 1 is 1.42 bits per heavy atom. The quantitative estimate of drug-likeness (QED) is 0.781. The number of methoxy groups -OCH3 is 1. The standard InChI is InChI=1S/C16H21NO2/c1-12-8-14-9-16(14,15(18)19-2)17(10-12)11-13-6-4-3-5-7-13/h3-7,12,14H,8-11H2,1-2H3/t12-,14+,16-/m1/s1. The summed E-state index contributed by atoms with van der Waals surface area (Å²) in [5.41, 5.74) is 0.947. The molecule has 3 atom stereocenters. The van der Waals surface area contributed by atoms with Gasteiger partial charge >= 0.3 is 5.97 Å². The number of hydrogen-bond donors (Lipinski definition) is 0. The number of fused-ring (bicyclic) bond motifs is 1. The lowest BCUT2D eigenvalue weighted by molar-refractivity contribution is -0.151. The molecule has 0 amide bonds. The molecule has 2 fully saturated rings. The van der Waals surface area contributed by atoms with Gasteiger partial charge in [0.05, 0.1) is 7.11 Å². The van der Waals surface area contributed by atoms with Gasteiger partial charge in [-0.2, -0.15) is 0 Å². The maximum absolute atomic E-state index is 12.2. The van der Waals surface area contributed by atoms with Crippen LogP contribution in [0.2, 0.25) is 0 Å². The minimum Gasteiger partial charge on any atom is -0.468 e. The molecule has 3 heteroatoms. The first-order valence-electron chi connectivity index (χ1n) is 7.04. The van der Waals surface area contributed by atoms with Crippen molar-refractivity contribution in [3.05, 3.63) is 35.9 Å². The summed E-state index contributed by atoms with van der Waals surface area (Å²) in [7, 11) is 1.51. The molecular formula is C16H21NO2. The predicted octanol–water partition coefficient (Wildman–Crippen LogP) is 2.46. The summed E-state index contributed by atoms with van der Waals surface area (Å²) in [5, 5.41) is 0. The second kappa shape index (κ2) is 4.64. The Labute approximate surface area is 114 Å². The van der Waals surface area contributed by atoms with Crippen LogP contribution >= 0.6 is 0 Å². The van der Waals surface area contributed by atoms with Gasteiger partial charge < -0.3 is 4.74 Å². The summed E-state index contributed by atoms with van der Waals surface area (Å²) in [6, 6.07) is 10.4. The van der Waals surface area contributed by atoms with E-state index in [2.05, 4.69) is 36.1 Å². The highest BCUT2D eigenvalue weighted by Crippen LogP contribution is 2.56. The summed E-state index contributed by atoms with van der Waals surface area (Å²) < 4.78 is 5.06. The van der Waals surface area contributed by atoms with Crippen LogP contribution in [0.25, 0.3) is 0 Å². The molecule has 3 rings (SSSR count). The van der Waals surface area contributed by atoms with Crippen molar-refractivity contribution < 1.29 is 9.53 Å². The number of carbonyl (C=O) groups excluding carboxylic acids is 1. The van der Waals surface area contributed by atoms with E-state index in [4.69, 9.17) is 4.74 Å². The Morgan fingerprint density at radius 2 is 2.16 bits per heavy atom. The molecular weight excluding hydrogens is 238 g/mol. The van der Waals surface area contributed by atoms with Gasteiger partial charge in [0.1, 0.15) is 5.54 Å². The fourth-order valence-electron chi connectivity index (χ4n) is 3.65. The average Bonchev–Trinajstić information content (AvgIpc) is 3.14. The third-order valence-corrected chi connectivity index (χ3v) is 4.61. The average molecular weight is 259 g/mol. The van der Waals surface area contributed by atoms with E-state index >= 15 is 0 Å². The number of piperidine rings is 1. The molecule has 2 aliphatic rings. The third kappa shape index (κ3) is 2.06. The van der Waals surface area contributed by atoms with E-state index in [9.17, 15) is 4.79 Å². The Balaban J connectivity index is 1.83. The molecule has 1 saturated heterocycles. The number of benzene rings is 1. The lowest BCUT2D eigenvalue weighted by Gasteiger charge is -2.37. The minimum absolute atomic E-state index is 0.0414. The van der Waals surface area contributed by atoms with Crippen molar-refractivity contribution >= 4 is 5.97 Å². The Hall–Kier alpha value is -1.35. The zero-order valence-electron chi connectivity index (χ0n) is 11.6. The van der Waals surface area contributed by atoms with Gasteiger partial charge in [-0.3, -0.25) is 9.69 Å². The largest absolute Gasteiger partial charge is 0.468 e. The van der Waals surface area contributed by atoms with Gasteiger partial charge in [0, 0.05) is 13.1 Å². The van der Waals surface area contributed by atoms with Crippen molar-refractivity contribution in [1.82, 2.24) is 4.90 Å². The zero-order chi connectivity index (χ0) is 13.5. The van der Waals surface area contributed by atoms with E-state index in [1.54, 1.807) is 0 Å². The number of nitrogens with zero attached hydrogens (tertiary/aromatic N) is 1. The predicted molar refractivity (Wildman–Crippen MR) is 73.5 cm³/mol. The van der Waals surface area contributed by atoms with E-state index in [1.807, 2.05) is 6.07 Å². The summed E-state index contributed by atoms with van der Waals surface area (Å²) in [5.74, 6) is 1.11.